The molecule has 0 aromatic heterocycles. The largest absolute Gasteiger partial charge is 0.462 e. The Bertz CT molecular complexity index is 1010. The number of hydrogen-bond donors (Lipinski definition) is 1. The lowest BCUT2D eigenvalue weighted by Gasteiger charge is -2.18. The minimum Gasteiger partial charge on any atom is -0.462 e. The number of rotatable bonds is 7. The van der Waals surface area contributed by atoms with E-state index >= 15 is 0 Å². The highest BCUT2D eigenvalue weighted by Crippen LogP contribution is 2.27. The van der Waals surface area contributed by atoms with Gasteiger partial charge in [-0.2, -0.15) is 0 Å². The first-order valence-corrected chi connectivity index (χ1v) is 10.4. The third-order valence-corrected chi connectivity index (χ3v) is 5.00. The summed E-state index contributed by atoms with van der Waals surface area (Å²) in [5, 5.41) is 2.60. The molecule has 0 spiro atoms. The molecule has 8 heteroatoms. The Morgan fingerprint density at radius 2 is 1.69 bits per heavy atom. The monoisotopic (exact) mass is 438 g/mol. The van der Waals surface area contributed by atoms with Gasteiger partial charge in [0.1, 0.15) is 0 Å². The van der Waals surface area contributed by atoms with E-state index in [1.54, 1.807) is 24.0 Å². The second kappa shape index (κ2) is 10.1. The summed E-state index contributed by atoms with van der Waals surface area (Å²) < 4.78 is 10.0. The molecule has 32 heavy (non-hydrogen) atoms. The highest BCUT2D eigenvalue weighted by atomic mass is 16.5. The van der Waals surface area contributed by atoms with E-state index in [0.29, 0.717) is 11.3 Å². The Kier molecular flexibility index (Phi) is 7.25. The molecule has 0 saturated carbocycles. The first-order chi connectivity index (χ1) is 15.3. The van der Waals surface area contributed by atoms with Gasteiger partial charge < -0.3 is 19.7 Å². The molecule has 2 amide bonds. The highest BCUT2D eigenvalue weighted by Gasteiger charge is 2.36. The lowest BCUT2D eigenvalue weighted by molar-refractivity contribution is -0.151. The quantitative estimate of drug-likeness (QED) is 0.667. The molecular weight excluding hydrogens is 412 g/mol. The average molecular weight is 438 g/mol. The third kappa shape index (κ3) is 5.72. The van der Waals surface area contributed by atoms with Gasteiger partial charge in [0.25, 0.3) is 5.91 Å². The van der Waals surface area contributed by atoms with Crippen molar-refractivity contribution in [3.8, 4) is 0 Å². The predicted octanol–water partition coefficient (Wildman–Crippen LogP) is 3.01. The number of amides is 2. The van der Waals surface area contributed by atoms with E-state index in [-0.39, 0.29) is 25.5 Å². The fourth-order valence-electron chi connectivity index (χ4n) is 3.58. The molecule has 1 N–H and O–H groups in total. The number of nitrogens with one attached hydrogen (secondary N) is 1. The van der Waals surface area contributed by atoms with Gasteiger partial charge in [0.2, 0.25) is 5.91 Å². The summed E-state index contributed by atoms with van der Waals surface area (Å²) >= 11 is 0. The standard InChI is InChI=1S/C24H26N2O6/c1-4-31-23(29)17-5-7-19(8-6-17)25-21(27)14-32-24(30)18-12-22(28)26(13-18)20-10-15(2)9-16(3)11-20/h5-11,18H,4,12-14H2,1-3H3,(H,25,27)/t18-/m0/s1. The van der Waals surface area contributed by atoms with Crippen molar-refractivity contribution in [3.63, 3.8) is 0 Å². The van der Waals surface area contributed by atoms with Crippen LogP contribution in [0.25, 0.3) is 0 Å². The molecule has 1 atom stereocenters. The van der Waals surface area contributed by atoms with E-state index in [4.69, 9.17) is 9.47 Å². The normalized spacial score (nSPS) is 15.4. The minimum atomic E-state index is -0.625. The van der Waals surface area contributed by atoms with Crippen LogP contribution in [-0.4, -0.2) is 43.5 Å². The molecule has 1 aliphatic rings. The lowest BCUT2D eigenvalue weighted by atomic mass is 10.1. The van der Waals surface area contributed by atoms with Crippen molar-refractivity contribution in [3.05, 3.63) is 59.2 Å². The van der Waals surface area contributed by atoms with Crippen molar-refractivity contribution in [1.29, 1.82) is 0 Å². The maximum atomic E-state index is 12.4. The van der Waals surface area contributed by atoms with Crippen molar-refractivity contribution >= 4 is 35.1 Å². The fourth-order valence-corrected chi connectivity index (χ4v) is 3.58. The second-order valence-electron chi connectivity index (χ2n) is 7.71. The van der Waals surface area contributed by atoms with Crippen molar-refractivity contribution in [2.45, 2.75) is 27.2 Å². The zero-order chi connectivity index (χ0) is 23.3. The van der Waals surface area contributed by atoms with Gasteiger partial charge in [0.05, 0.1) is 18.1 Å². The molecule has 0 radical (unpaired) electrons. The summed E-state index contributed by atoms with van der Waals surface area (Å²) in [5.41, 5.74) is 3.65. The Hall–Kier alpha value is -3.68. The third-order valence-electron chi connectivity index (χ3n) is 5.00. The summed E-state index contributed by atoms with van der Waals surface area (Å²) in [6.45, 7) is 5.65. The molecular formula is C24H26N2O6. The van der Waals surface area contributed by atoms with E-state index in [0.717, 1.165) is 16.8 Å². The van der Waals surface area contributed by atoms with Gasteiger partial charge in [-0.1, -0.05) is 6.07 Å². The van der Waals surface area contributed by atoms with Crippen molar-refractivity contribution in [2.75, 3.05) is 30.0 Å². The molecule has 1 aliphatic heterocycles. The average Bonchev–Trinajstić information content (AvgIpc) is 3.14. The Labute approximate surface area is 186 Å². The van der Waals surface area contributed by atoms with Gasteiger partial charge in [0, 0.05) is 24.3 Å². The molecule has 3 rings (SSSR count). The highest BCUT2D eigenvalue weighted by molar-refractivity contribution is 6.00. The molecule has 0 aliphatic carbocycles. The number of aryl methyl sites for hydroxylation is 2. The van der Waals surface area contributed by atoms with Crippen LogP contribution in [0.5, 0.6) is 0 Å². The topological polar surface area (TPSA) is 102 Å². The lowest BCUT2D eigenvalue weighted by Crippen LogP contribution is -2.28. The van der Waals surface area contributed by atoms with Gasteiger partial charge in [-0.3, -0.25) is 14.4 Å². The number of esters is 2. The summed E-state index contributed by atoms with van der Waals surface area (Å²) in [7, 11) is 0. The van der Waals surface area contributed by atoms with Crippen LogP contribution in [0, 0.1) is 19.8 Å². The van der Waals surface area contributed by atoms with Gasteiger partial charge in [-0.25, -0.2) is 4.79 Å². The zero-order valence-corrected chi connectivity index (χ0v) is 18.3. The van der Waals surface area contributed by atoms with Crippen LogP contribution in [0.2, 0.25) is 0 Å². The Morgan fingerprint density at radius 1 is 1.03 bits per heavy atom. The van der Waals surface area contributed by atoms with Crippen LogP contribution in [0.3, 0.4) is 0 Å². The summed E-state index contributed by atoms with van der Waals surface area (Å²) in [5.74, 6) is -2.32. The molecule has 8 nitrogen and oxygen atoms in total. The number of anilines is 2. The van der Waals surface area contributed by atoms with Gasteiger partial charge >= 0.3 is 11.9 Å². The first-order valence-electron chi connectivity index (χ1n) is 10.4. The Balaban J connectivity index is 1.50. The van der Waals surface area contributed by atoms with Crippen LogP contribution in [0.15, 0.2) is 42.5 Å². The molecule has 1 heterocycles. The summed E-state index contributed by atoms with van der Waals surface area (Å²) in [6, 6.07) is 12.0. The van der Waals surface area contributed by atoms with Crippen molar-refractivity contribution in [1.82, 2.24) is 0 Å². The molecule has 2 aromatic rings. The maximum absolute atomic E-state index is 12.4. The van der Waals surface area contributed by atoms with E-state index < -0.39 is 30.4 Å². The number of nitrogens with zero attached hydrogens (tertiary/aromatic N) is 1. The van der Waals surface area contributed by atoms with Crippen molar-refractivity contribution < 1.29 is 28.7 Å². The van der Waals surface area contributed by atoms with Gasteiger partial charge in [-0.15, -0.1) is 0 Å². The maximum Gasteiger partial charge on any atom is 0.338 e. The predicted molar refractivity (Wildman–Crippen MR) is 118 cm³/mol. The van der Waals surface area contributed by atoms with Crippen LogP contribution in [-0.2, 0) is 23.9 Å². The molecule has 2 aromatic carbocycles. The summed E-state index contributed by atoms with van der Waals surface area (Å²) in [4.78, 5) is 50.2. The molecule has 0 unspecified atom stereocenters. The summed E-state index contributed by atoms with van der Waals surface area (Å²) in [6.07, 6.45) is 0.0444. The van der Waals surface area contributed by atoms with Crippen LogP contribution < -0.4 is 10.2 Å². The first kappa shape index (κ1) is 23.0. The number of carbonyl (C=O) groups is 4. The van der Waals surface area contributed by atoms with E-state index in [1.165, 1.54) is 12.1 Å². The van der Waals surface area contributed by atoms with Gasteiger partial charge in [-0.05, 0) is 68.3 Å². The molecule has 0 bridgehead atoms. The van der Waals surface area contributed by atoms with Crippen LogP contribution >= 0.6 is 0 Å². The van der Waals surface area contributed by atoms with Gasteiger partial charge in [0.15, 0.2) is 6.61 Å². The van der Waals surface area contributed by atoms with Crippen LogP contribution in [0.4, 0.5) is 11.4 Å². The second-order valence-corrected chi connectivity index (χ2v) is 7.71. The zero-order valence-electron chi connectivity index (χ0n) is 18.3. The van der Waals surface area contributed by atoms with E-state index in [2.05, 4.69) is 5.32 Å². The number of benzene rings is 2. The molecule has 1 fully saturated rings. The van der Waals surface area contributed by atoms with Crippen LogP contribution in [0.1, 0.15) is 34.8 Å². The van der Waals surface area contributed by atoms with Crippen molar-refractivity contribution in [2.24, 2.45) is 5.92 Å². The molecule has 168 valence electrons. The van der Waals surface area contributed by atoms with E-state index in [1.807, 2.05) is 32.0 Å². The minimum absolute atomic E-state index is 0.0444. The smallest absolute Gasteiger partial charge is 0.338 e. The van der Waals surface area contributed by atoms with E-state index in [9.17, 15) is 19.2 Å². The Morgan fingerprint density at radius 3 is 2.31 bits per heavy atom. The number of hydrogen-bond acceptors (Lipinski definition) is 6. The molecule has 1 saturated heterocycles. The SMILES string of the molecule is CCOC(=O)c1ccc(NC(=O)COC(=O)[C@H]2CC(=O)N(c3cc(C)cc(C)c3)C2)cc1. The number of ether oxygens (including phenoxy) is 2. The number of carbonyl (C=O) groups excluding carboxylic acids is 4. The fraction of sp³-hybridized carbons (Fsp3) is 0.333.